The van der Waals surface area contributed by atoms with E-state index in [4.69, 9.17) is 0 Å². The molecule has 1 aromatic heterocycles. The summed E-state index contributed by atoms with van der Waals surface area (Å²) in [4.78, 5) is 7.47. The minimum atomic E-state index is -4.16. The van der Waals surface area contributed by atoms with Crippen LogP contribution in [0, 0.1) is 0 Å². The monoisotopic (exact) mass is 217 g/mol. The van der Waals surface area contributed by atoms with Crippen LogP contribution >= 0.6 is 0 Å². The van der Waals surface area contributed by atoms with Crippen molar-refractivity contribution in [2.24, 2.45) is 0 Å². The Labute approximate surface area is 84.7 Å². The fourth-order valence-electron chi connectivity index (χ4n) is 1.38. The van der Waals surface area contributed by atoms with E-state index in [9.17, 15) is 13.2 Å². The van der Waals surface area contributed by atoms with E-state index in [2.05, 4.69) is 15.3 Å². The van der Waals surface area contributed by atoms with Gasteiger partial charge in [0.15, 0.2) is 0 Å². The summed E-state index contributed by atoms with van der Waals surface area (Å²) in [5.74, 6) is 0. The molecular weight excluding hydrogens is 207 g/mol. The van der Waals surface area contributed by atoms with Crippen LogP contribution in [-0.2, 0) is 6.54 Å². The number of alkyl halides is 3. The Morgan fingerprint density at radius 3 is 2.33 bits per heavy atom. The van der Waals surface area contributed by atoms with Crippen molar-refractivity contribution < 1.29 is 13.2 Å². The first-order valence-corrected chi connectivity index (χ1v) is 4.59. The van der Waals surface area contributed by atoms with E-state index in [1.807, 2.05) is 0 Å². The molecular formula is C9H10F3N3. The molecule has 6 heteroatoms. The number of nitrogens with zero attached hydrogens (tertiary/aromatic N) is 2. The van der Waals surface area contributed by atoms with Crippen LogP contribution in [0.15, 0.2) is 18.7 Å². The zero-order valence-electron chi connectivity index (χ0n) is 7.88. The minimum absolute atomic E-state index is 0.153. The summed E-state index contributed by atoms with van der Waals surface area (Å²) in [6.07, 6.45) is 0.510. The molecule has 0 amide bonds. The maximum atomic E-state index is 12.5. The third-order valence-corrected chi connectivity index (χ3v) is 2.54. The van der Waals surface area contributed by atoms with E-state index < -0.39 is 11.7 Å². The van der Waals surface area contributed by atoms with Gasteiger partial charge in [0.1, 0.15) is 11.9 Å². The summed E-state index contributed by atoms with van der Waals surface area (Å²) in [6.45, 7) is 0.153. The Bertz CT molecular complexity index is 332. The Hall–Kier alpha value is -1.17. The van der Waals surface area contributed by atoms with Crippen LogP contribution in [0.3, 0.4) is 0 Å². The van der Waals surface area contributed by atoms with Crippen LogP contribution in [0.1, 0.15) is 18.4 Å². The molecule has 1 heterocycles. The van der Waals surface area contributed by atoms with E-state index in [1.54, 1.807) is 0 Å². The van der Waals surface area contributed by atoms with Crippen LogP contribution in [0.4, 0.5) is 13.2 Å². The molecule has 1 N–H and O–H groups in total. The van der Waals surface area contributed by atoms with Crippen molar-refractivity contribution in [2.75, 3.05) is 0 Å². The Morgan fingerprint density at radius 2 is 1.87 bits per heavy atom. The molecule has 0 atom stereocenters. The average Bonchev–Trinajstić information content (AvgIpc) is 2.96. The van der Waals surface area contributed by atoms with Crippen molar-refractivity contribution in [3.05, 3.63) is 24.3 Å². The summed E-state index contributed by atoms with van der Waals surface area (Å²) in [7, 11) is 0. The third kappa shape index (κ3) is 2.09. The van der Waals surface area contributed by atoms with Gasteiger partial charge in [-0.1, -0.05) is 0 Å². The van der Waals surface area contributed by atoms with Crippen molar-refractivity contribution in [2.45, 2.75) is 31.1 Å². The van der Waals surface area contributed by atoms with Crippen molar-refractivity contribution in [3.63, 3.8) is 0 Å². The number of halogens is 3. The highest BCUT2D eigenvalue weighted by Crippen LogP contribution is 2.48. The van der Waals surface area contributed by atoms with Crippen molar-refractivity contribution in [1.29, 1.82) is 0 Å². The van der Waals surface area contributed by atoms with Crippen LogP contribution in [0.5, 0.6) is 0 Å². The van der Waals surface area contributed by atoms with Crippen LogP contribution in [-0.4, -0.2) is 21.7 Å². The number of hydrogen-bond acceptors (Lipinski definition) is 3. The molecule has 82 valence electrons. The Morgan fingerprint density at radius 1 is 1.27 bits per heavy atom. The summed E-state index contributed by atoms with van der Waals surface area (Å²) >= 11 is 0. The second-order valence-electron chi connectivity index (χ2n) is 3.68. The van der Waals surface area contributed by atoms with Gasteiger partial charge in [-0.05, 0) is 12.8 Å². The molecule has 1 aliphatic rings. The SMILES string of the molecule is FC(F)(F)C1(NCc2cncnc2)CC1. The molecule has 2 rings (SSSR count). The van der Waals surface area contributed by atoms with E-state index in [0.717, 1.165) is 0 Å². The average molecular weight is 217 g/mol. The lowest BCUT2D eigenvalue weighted by atomic mass is 10.2. The van der Waals surface area contributed by atoms with Gasteiger partial charge in [0, 0.05) is 24.5 Å². The van der Waals surface area contributed by atoms with Gasteiger partial charge in [0.25, 0.3) is 0 Å². The van der Waals surface area contributed by atoms with Gasteiger partial charge in [-0.15, -0.1) is 0 Å². The van der Waals surface area contributed by atoms with Gasteiger partial charge < -0.3 is 0 Å². The molecule has 0 saturated heterocycles. The minimum Gasteiger partial charge on any atom is -0.299 e. The zero-order valence-corrected chi connectivity index (χ0v) is 7.88. The highest BCUT2D eigenvalue weighted by atomic mass is 19.4. The molecule has 0 spiro atoms. The van der Waals surface area contributed by atoms with Crippen molar-refractivity contribution in [3.8, 4) is 0 Å². The molecule has 1 fully saturated rings. The second kappa shape index (κ2) is 3.44. The van der Waals surface area contributed by atoms with Gasteiger partial charge >= 0.3 is 6.18 Å². The van der Waals surface area contributed by atoms with Crippen molar-refractivity contribution in [1.82, 2.24) is 15.3 Å². The summed E-state index contributed by atoms with van der Waals surface area (Å²) in [6, 6.07) is 0. The molecule has 0 aromatic carbocycles. The molecule has 0 unspecified atom stereocenters. The Kier molecular flexibility index (Phi) is 2.38. The first-order valence-electron chi connectivity index (χ1n) is 4.59. The molecule has 3 nitrogen and oxygen atoms in total. The summed E-state index contributed by atoms with van der Waals surface area (Å²) < 4.78 is 37.5. The second-order valence-corrected chi connectivity index (χ2v) is 3.68. The van der Waals surface area contributed by atoms with Crippen LogP contribution < -0.4 is 5.32 Å². The summed E-state index contributed by atoms with van der Waals surface area (Å²) in [5, 5.41) is 2.52. The molecule has 0 aliphatic heterocycles. The number of aromatic nitrogens is 2. The lowest BCUT2D eigenvalue weighted by Crippen LogP contribution is -2.44. The van der Waals surface area contributed by atoms with Gasteiger partial charge in [0.05, 0.1) is 0 Å². The predicted octanol–water partition coefficient (Wildman–Crippen LogP) is 1.66. The van der Waals surface area contributed by atoms with Crippen LogP contribution in [0.2, 0.25) is 0 Å². The van der Waals surface area contributed by atoms with Crippen LogP contribution in [0.25, 0.3) is 0 Å². The van der Waals surface area contributed by atoms with Gasteiger partial charge in [-0.25, -0.2) is 9.97 Å². The predicted molar refractivity (Wildman–Crippen MR) is 46.9 cm³/mol. The Balaban J connectivity index is 1.95. The maximum Gasteiger partial charge on any atom is 0.406 e. The third-order valence-electron chi connectivity index (χ3n) is 2.54. The van der Waals surface area contributed by atoms with Gasteiger partial charge in [-0.3, -0.25) is 5.32 Å². The highest BCUT2D eigenvalue weighted by Gasteiger charge is 2.62. The van der Waals surface area contributed by atoms with E-state index in [1.165, 1.54) is 18.7 Å². The molecule has 15 heavy (non-hydrogen) atoms. The van der Waals surface area contributed by atoms with Crippen molar-refractivity contribution >= 4 is 0 Å². The maximum absolute atomic E-state index is 12.5. The van der Waals surface area contributed by atoms with Gasteiger partial charge in [-0.2, -0.15) is 13.2 Å². The smallest absolute Gasteiger partial charge is 0.299 e. The topological polar surface area (TPSA) is 37.8 Å². The van der Waals surface area contributed by atoms with E-state index in [-0.39, 0.29) is 19.4 Å². The fraction of sp³-hybridized carbons (Fsp3) is 0.556. The highest BCUT2D eigenvalue weighted by molar-refractivity contribution is 5.11. The standard InChI is InChI=1S/C9H10F3N3/c10-9(11,12)8(1-2-8)15-5-7-3-13-6-14-4-7/h3-4,6,15H,1-2,5H2. The molecule has 0 bridgehead atoms. The lowest BCUT2D eigenvalue weighted by Gasteiger charge is -2.20. The van der Waals surface area contributed by atoms with Gasteiger partial charge in [0.2, 0.25) is 0 Å². The lowest BCUT2D eigenvalue weighted by molar-refractivity contribution is -0.166. The molecule has 1 aliphatic carbocycles. The number of nitrogens with one attached hydrogen (secondary N) is 1. The van der Waals surface area contributed by atoms with E-state index >= 15 is 0 Å². The number of hydrogen-bond donors (Lipinski definition) is 1. The molecule has 1 aromatic rings. The first-order chi connectivity index (χ1) is 7.04. The summed E-state index contributed by atoms with van der Waals surface area (Å²) in [5.41, 5.74) is -1.00. The van der Waals surface area contributed by atoms with E-state index in [0.29, 0.717) is 5.56 Å². The number of rotatable bonds is 3. The normalized spacial score (nSPS) is 18.9. The molecule has 0 radical (unpaired) electrons. The molecule has 1 saturated carbocycles. The fourth-order valence-corrected chi connectivity index (χ4v) is 1.38. The first kappa shape index (κ1) is 10.4. The quantitative estimate of drug-likeness (QED) is 0.836. The zero-order chi connectivity index (χ0) is 10.9. The largest absolute Gasteiger partial charge is 0.406 e.